The molecule has 0 radical (unpaired) electrons. The van der Waals surface area contributed by atoms with Gasteiger partial charge in [-0.25, -0.2) is 0 Å². The Balaban J connectivity index is 2.01. The summed E-state index contributed by atoms with van der Waals surface area (Å²) in [5, 5.41) is 0. The van der Waals surface area contributed by atoms with Gasteiger partial charge in [-0.15, -0.1) is 0 Å². The molecule has 0 atom stereocenters. The summed E-state index contributed by atoms with van der Waals surface area (Å²) >= 11 is 0. The summed E-state index contributed by atoms with van der Waals surface area (Å²) in [5.74, 6) is 0.110. The minimum absolute atomic E-state index is 0.0495. The molecule has 0 unspecified atom stereocenters. The monoisotopic (exact) mass is 295 g/mol. The maximum Gasteiger partial charge on any atom is 0.229 e. The lowest BCUT2D eigenvalue weighted by atomic mass is 10.1. The fourth-order valence-corrected chi connectivity index (χ4v) is 2.97. The molecule has 2 amide bonds. The molecule has 1 rings (SSSR count). The lowest BCUT2D eigenvalue weighted by molar-refractivity contribution is -0.144. The molecule has 0 aromatic carbocycles. The number of rotatable bonds is 10. The van der Waals surface area contributed by atoms with Gasteiger partial charge in [0.05, 0.1) is 0 Å². The number of amides is 2. The second-order valence-electron chi connectivity index (χ2n) is 6.33. The van der Waals surface area contributed by atoms with Gasteiger partial charge in [0.1, 0.15) is 0 Å². The van der Waals surface area contributed by atoms with E-state index in [0.29, 0.717) is 19.4 Å². The molecule has 1 saturated heterocycles. The molecule has 1 aliphatic heterocycles. The van der Waals surface area contributed by atoms with Crippen molar-refractivity contribution in [2.24, 2.45) is 0 Å². The summed E-state index contributed by atoms with van der Waals surface area (Å²) in [7, 11) is 0. The van der Waals surface area contributed by atoms with E-state index in [1.165, 1.54) is 49.8 Å². The molecule has 0 saturated carbocycles. The molecule has 0 aromatic heterocycles. The predicted molar refractivity (Wildman–Crippen MR) is 87.0 cm³/mol. The largest absolute Gasteiger partial charge is 0.283 e. The molecule has 0 aliphatic carbocycles. The number of nitrogens with zero attached hydrogens (tertiary/aromatic N) is 1. The van der Waals surface area contributed by atoms with Crippen molar-refractivity contribution in [2.75, 3.05) is 6.54 Å². The van der Waals surface area contributed by atoms with Crippen molar-refractivity contribution in [1.29, 1.82) is 0 Å². The number of hydrogen-bond acceptors (Lipinski definition) is 2. The van der Waals surface area contributed by atoms with Gasteiger partial charge in [0.2, 0.25) is 11.8 Å². The number of hydrogen-bond donors (Lipinski definition) is 0. The fourth-order valence-electron chi connectivity index (χ4n) is 2.97. The molecule has 3 nitrogen and oxygen atoms in total. The Morgan fingerprint density at radius 1 is 0.905 bits per heavy atom. The lowest BCUT2D eigenvalue weighted by Gasteiger charge is -2.18. The number of carbonyl (C=O) groups excluding carboxylic acids is 2. The van der Waals surface area contributed by atoms with Gasteiger partial charge in [0.25, 0.3) is 0 Å². The third-order valence-corrected chi connectivity index (χ3v) is 4.37. The summed E-state index contributed by atoms with van der Waals surface area (Å²) < 4.78 is 0. The van der Waals surface area contributed by atoms with Crippen LogP contribution in [0.1, 0.15) is 96.8 Å². The van der Waals surface area contributed by atoms with E-state index in [0.717, 1.165) is 32.1 Å². The van der Waals surface area contributed by atoms with Gasteiger partial charge in [0, 0.05) is 19.4 Å². The molecule has 1 aliphatic rings. The van der Waals surface area contributed by atoms with Crippen molar-refractivity contribution in [3.63, 3.8) is 0 Å². The fraction of sp³-hybridized carbons (Fsp3) is 0.889. The van der Waals surface area contributed by atoms with E-state index in [-0.39, 0.29) is 11.8 Å². The van der Waals surface area contributed by atoms with Crippen LogP contribution in [0.5, 0.6) is 0 Å². The van der Waals surface area contributed by atoms with Crippen LogP contribution in [0, 0.1) is 0 Å². The van der Waals surface area contributed by atoms with Crippen molar-refractivity contribution >= 4 is 11.8 Å². The summed E-state index contributed by atoms with van der Waals surface area (Å²) in [6, 6.07) is 0. The highest BCUT2D eigenvalue weighted by Gasteiger charge is 2.22. The zero-order valence-electron chi connectivity index (χ0n) is 13.9. The molecule has 0 spiro atoms. The smallest absolute Gasteiger partial charge is 0.229 e. The summed E-state index contributed by atoms with van der Waals surface area (Å²) in [5.41, 5.74) is 0. The van der Waals surface area contributed by atoms with Gasteiger partial charge < -0.3 is 0 Å². The van der Waals surface area contributed by atoms with Gasteiger partial charge in [-0.05, 0) is 19.3 Å². The van der Waals surface area contributed by atoms with E-state index < -0.39 is 0 Å². The van der Waals surface area contributed by atoms with Crippen molar-refractivity contribution in [1.82, 2.24) is 4.90 Å². The Labute approximate surface area is 130 Å². The Hall–Kier alpha value is -0.860. The van der Waals surface area contributed by atoms with Crippen molar-refractivity contribution in [3.8, 4) is 0 Å². The minimum Gasteiger partial charge on any atom is -0.283 e. The first-order valence-electron chi connectivity index (χ1n) is 9.09. The van der Waals surface area contributed by atoms with Gasteiger partial charge in [0.15, 0.2) is 0 Å². The quantitative estimate of drug-likeness (QED) is 0.541. The van der Waals surface area contributed by atoms with Gasteiger partial charge in [-0.1, -0.05) is 64.7 Å². The van der Waals surface area contributed by atoms with Gasteiger partial charge >= 0.3 is 0 Å². The first-order valence-corrected chi connectivity index (χ1v) is 9.09. The van der Waals surface area contributed by atoms with E-state index in [9.17, 15) is 9.59 Å². The number of likely N-dealkylation sites (tertiary alicyclic amines) is 1. The summed E-state index contributed by atoms with van der Waals surface area (Å²) in [6.45, 7) is 2.89. The van der Waals surface area contributed by atoms with Crippen molar-refractivity contribution < 1.29 is 9.59 Å². The van der Waals surface area contributed by atoms with Crippen LogP contribution in [0.2, 0.25) is 0 Å². The van der Waals surface area contributed by atoms with E-state index in [1.54, 1.807) is 0 Å². The van der Waals surface area contributed by atoms with Gasteiger partial charge in [-0.3, -0.25) is 14.5 Å². The molecule has 122 valence electrons. The van der Waals surface area contributed by atoms with E-state index >= 15 is 0 Å². The summed E-state index contributed by atoms with van der Waals surface area (Å²) in [6.07, 6.45) is 15.4. The Morgan fingerprint density at radius 2 is 1.52 bits per heavy atom. The summed E-state index contributed by atoms with van der Waals surface area (Å²) in [4.78, 5) is 25.4. The van der Waals surface area contributed by atoms with Crippen LogP contribution >= 0.6 is 0 Å². The molecular formula is C18H33NO2. The number of carbonyl (C=O) groups is 2. The molecule has 3 heteroatoms. The molecular weight excluding hydrogens is 262 g/mol. The van der Waals surface area contributed by atoms with E-state index in [2.05, 4.69) is 6.92 Å². The molecule has 0 N–H and O–H groups in total. The second-order valence-corrected chi connectivity index (χ2v) is 6.33. The standard InChI is InChI=1S/C18H33NO2/c1-2-3-4-5-6-7-8-9-11-14-17(20)19-16-13-10-12-15-18(19)21/h2-16H2,1H3. The number of imide groups is 1. The Kier molecular flexibility index (Phi) is 10.2. The third kappa shape index (κ3) is 8.23. The third-order valence-electron chi connectivity index (χ3n) is 4.37. The highest BCUT2D eigenvalue weighted by atomic mass is 16.2. The van der Waals surface area contributed by atoms with Crippen LogP contribution < -0.4 is 0 Å². The highest BCUT2D eigenvalue weighted by molar-refractivity contribution is 5.95. The van der Waals surface area contributed by atoms with Crippen LogP contribution in [0.4, 0.5) is 0 Å². The first-order chi connectivity index (χ1) is 10.3. The molecule has 21 heavy (non-hydrogen) atoms. The molecule has 1 heterocycles. The maximum atomic E-state index is 12.1. The first kappa shape index (κ1) is 18.2. The van der Waals surface area contributed by atoms with Crippen LogP contribution in [0.15, 0.2) is 0 Å². The van der Waals surface area contributed by atoms with E-state index in [4.69, 9.17) is 0 Å². The zero-order valence-corrected chi connectivity index (χ0v) is 13.9. The van der Waals surface area contributed by atoms with E-state index in [1.807, 2.05) is 0 Å². The van der Waals surface area contributed by atoms with Crippen LogP contribution in [-0.4, -0.2) is 23.3 Å². The normalized spacial score (nSPS) is 16.0. The second kappa shape index (κ2) is 11.8. The average molecular weight is 295 g/mol. The van der Waals surface area contributed by atoms with Crippen molar-refractivity contribution in [2.45, 2.75) is 96.8 Å². The lowest BCUT2D eigenvalue weighted by Crippen LogP contribution is -2.36. The molecule has 0 bridgehead atoms. The average Bonchev–Trinajstić information content (AvgIpc) is 2.70. The Morgan fingerprint density at radius 3 is 2.19 bits per heavy atom. The highest BCUT2D eigenvalue weighted by Crippen LogP contribution is 2.15. The minimum atomic E-state index is 0.0495. The SMILES string of the molecule is CCCCCCCCCCCC(=O)N1CCCCCC1=O. The zero-order chi connectivity index (χ0) is 15.3. The van der Waals surface area contributed by atoms with Crippen LogP contribution in [0.3, 0.4) is 0 Å². The maximum absolute atomic E-state index is 12.1. The topological polar surface area (TPSA) is 37.4 Å². The predicted octanol–water partition coefficient (Wildman–Crippen LogP) is 4.84. The molecule has 0 aromatic rings. The van der Waals surface area contributed by atoms with Crippen LogP contribution in [-0.2, 0) is 9.59 Å². The number of unbranched alkanes of at least 4 members (excludes halogenated alkanes) is 8. The molecule has 1 fully saturated rings. The Bertz CT molecular complexity index is 302. The van der Waals surface area contributed by atoms with Gasteiger partial charge in [-0.2, -0.15) is 0 Å². The van der Waals surface area contributed by atoms with Crippen LogP contribution in [0.25, 0.3) is 0 Å². The van der Waals surface area contributed by atoms with Crippen molar-refractivity contribution in [3.05, 3.63) is 0 Å².